The van der Waals surface area contributed by atoms with E-state index < -0.39 is 0 Å². The van der Waals surface area contributed by atoms with Gasteiger partial charge in [0.2, 0.25) is 0 Å². The number of amides is 1. The molecule has 0 aliphatic rings. The molecule has 1 heterocycles. The van der Waals surface area contributed by atoms with Crippen LogP contribution in [0, 0.1) is 0 Å². The van der Waals surface area contributed by atoms with Gasteiger partial charge in [-0.15, -0.1) is 0 Å². The molecule has 1 rings (SSSR count). The Kier molecular flexibility index (Phi) is 8.15. The number of aryl methyl sites for hydroxylation is 1. The van der Waals surface area contributed by atoms with Crippen LogP contribution in [0.1, 0.15) is 49.7 Å². The molecule has 1 amide bonds. The lowest BCUT2D eigenvalue weighted by molar-refractivity contribution is 0.0939. The van der Waals surface area contributed by atoms with Crippen LogP contribution in [0.5, 0.6) is 0 Å². The summed E-state index contributed by atoms with van der Waals surface area (Å²) in [5, 5.41) is 3.03. The van der Waals surface area contributed by atoms with Crippen molar-refractivity contribution < 1.29 is 4.79 Å². The van der Waals surface area contributed by atoms with Crippen LogP contribution in [0.25, 0.3) is 0 Å². The molecule has 0 spiro atoms. The highest BCUT2D eigenvalue weighted by Crippen LogP contribution is 2.12. The molecular weight excluding hydrogens is 284 g/mol. The Morgan fingerprint density at radius 1 is 1.43 bits per heavy atom. The van der Waals surface area contributed by atoms with Gasteiger partial charge in [-0.25, -0.2) is 10.8 Å². The van der Waals surface area contributed by atoms with E-state index in [-0.39, 0.29) is 11.9 Å². The number of nitrogens with zero attached hydrogens (tertiary/aromatic N) is 1. The molecule has 1 atom stereocenters. The van der Waals surface area contributed by atoms with Crippen molar-refractivity contribution in [2.75, 3.05) is 16.9 Å². The van der Waals surface area contributed by atoms with E-state index >= 15 is 0 Å². The lowest BCUT2D eigenvalue weighted by Crippen LogP contribution is -2.33. The number of carbonyl (C=O) groups is 1. The lowest BCUT2D eigenvalue weighted by Gasteiger charge is -2.14. The predicted molar refractivity (Wildman–Crippen MR) is 90.6 cm³/mol. The number of anilines is 1. The van der Waals surface area contributed by atoms with Gasteiger partial charge in [0.15, 0.2) is 0 Å². The number of carbonyl (C=O) groups excluding carboxylic acids is 1. The van der Waals surface area contributed by atoms with Crippen LogP contribution in [0.4, 0.5) is 5.82 Å². The van der Waals surface area contributed by atoms with Crippen LogP contribution in [0.3, 0.4) is 0 Å². The van der Waals surface area contributed by atoms with Crippen LogP contribution < -0.4 is 16.6 Å². The zero-order valence-electron chi connectivity index (χ0n) is 13.1. The summed E-state index contributed by atoms with van der Waals surface area (Å²) in [6, 6.07) is 3.68. The molecule has 0 saturated heterocycles. The summed E-state index contributed by atoms with van der Waals surface area (Å²) >= 11 is 1.89. The van der Waals surface area contributed by atoms with Gasteiger partial charge in [0, 0.05) is 17.3 Å². The number of hydrazine groups is 1. The number of nitrogen functional groups attached to an aromatic ring is 1. The number of pyridine rings is 1. The van der Waals surface area contributed by atoms with E-state index in [2.05, 4.69) is 29.6 Å². The van der Waals surface area contributed by atoms with Gasteiger partial charge in [0.1, 0.15) is 5.82 Å². The Balaban J connectivity index is 2.69. The minimum Gasteiger partial charge on any atom is -0.350 e. The Bertz CT molecular complexity index is 453. The molecule has 4 N–H and O–H groups in total. The van der Waals surface area contributed by atoms with E-state index in [0.717, 1.165) is 36.5 Å². The fraction of sp³-hybridized carbons (Fsp3) is 0.600. The smallest absolute Gasteiger partial charge is 0.251 e. The van der Waals surface area contributed by atoms with Crippen LogP contribution >= 0.6 is 11.8 Å². The van der Waals surface area contributed by atoms with Gasteiger partial charge in [-0.1, -0.05) is 20.3 Å². The highest BCUT2D eigenvalue weighted by molar-refractivity contribution is 7.99. The van der Waals surface area contributed by atoms with Crippen molar-refractivity contribution >= 4 is 23.5 Å². The van der Waals surface area contributed by atoms with Crippen molar-refractivity contribution in [3.8, 4) is 0 Å². The number of hydrogen-bond donors (Lipinski definition) is 3. The maximum Gasteiger partial charge on any atom is 0.251 e. The van der Waals surface area contributed by atoms with Crippen molar-refractivity contribution in [3.63, 3.8) is 0 Å². The zero-order chi connectivity index (χ0) is 15.7. The fourth-order valence-electron chi connectivity index (χ4n) is 1.96. The second-order valence-electron chi connectivity index (χ2n) is 4.99. The third-order valence-corrected chi connectivity index (χ3v) is 4.00. The van der Waals surface area contributed by atoms with E-state index in [1.807, 2.05) is 24.8 Å². The van der Waals surface area contributed by atoms with Gasteiger partial charge < -0.3 is 10.7 Å². The van der Waals surface area contributed by atoms with E-state index in [4.69, 9.17) is 5.84 Å². The van der Waals surface area contributed by atoms with Crippen molar-refractivity contribution in [2.45, 2.75) is 46.1 Å². The summed E-state index contributed by atoms with van der Waals surface area (Å²) < 4.78 is 0. The molecule has 0 aromatic carbocycles. The third kappa shape index (κ3) is 6.35. The number of aromatic nitrogens is 1. The highest BCUT2D eigenvalue weighted by atomic mass is 32.2. The number of nitrogens with two attached hydrogens (primary N) is 1. The summed E-state index contributed by atoms with van der Waals surface area (Å²) in [6.07, 6.45) is 2.78. The molecule has 0 radical (unpaired) electrons. The van der Waals surface area contributed by atoms with Gasteiger partial charge in [-0.3, -0.25) is 4.79 Å². The van der Waals surface area contributed by atoms with E-state index in [0.29, 0.717) is 11.4 Å². The first-order valence-corrected chi connectivity index (χ1v) is 8.62. The molecule has 1 aromatic heterocycles. The molecule has 0 aliphatic carbocycles. The normalized spacial score (nSPS) is 12.0. The zero-order valence-corrected chi connectivity index (χ0v) is 13.9. The largest absolute Gasteiger partial charge is 0.350 e. The molecule has 0 aliphatic heterocycles. The monoisotopic (exact) mass is 310 g/mol. The van der Waals surface area contributed by atoms with Gasteiger partial charge >= 0.3 is 0 Å². The predicted octanol–water partition coefficient (Wildman–Crippen LogP) is 2.58. The molecule has 5 nitrogen and oxygen atoms in total. The average Bonchev–Trinajstić information content (AvgIpc) is 2.47. The maximum atomic E-state index is 12.3. The minimum absolute atomic E-state index is 0.0692. The molecule has 118 valence electrons. The Hall–Kier alpha value is -1.27. The summed E-state index contributed by atoms with van der Waals surface area (Å²) in [4.78, 5) is 16.6. The number of rotatable bonds is 9. The average molecular weight is 310 g/mol. The molecule has 0 bridgehead atoms. The van der Waals surface area contributed by atoms with E-state index in [9.17, 15) is 4.79 Å². The van der Waals surface area contributed by atoms with Gasteiger partial charge in [-0.05, 0) is 43.4 Å². The van der Waals surface area contributed by atoms with Gasteiger partial charge in [0.25, 0.3) is 5.91 Å². The summed E-state index contributed by atoms with van der Waals surface area (Å²) in [7, 11) is 0. The highest BCUT2D eigenvalue weighted by Gasteiger charge is 2.12. The molecule has 1 aromatic rings. The standard InChI is InChI=1S/C15H26N4OS/c1-4-6-13-9-12(10-14(18-13)19-16)15(20)17-11(3)7-8-21-5-2/h9-11H,4-8,16H2,1-3H3,(H,17,20)(H,18,19). The van der Waals surface area contributed by atoms with Gasteiger partial charge in [-0.2, -0.15) is 11.8 Å². The fourth-order valence-corrected chi connectivity index (χ4v) is 2.77. The summed E-state index contributed by atoms with van der Waals surface area (Å²) in [5.74, 6) is 8.05. The molecule has 21 heavy (non-hydrogen) atoms. The number of nitrogens with one attached hydrogen (secondary N) is 2. The first kappa shape index (κ1) is 17.8. The molecule has 0 fully saturated rings. The number of hydrogen-bond acceptors (Lipinski definition) is 5. The summed E-state index contributed by atoms with van der Waals surface area (Å²) in [6.45, 7) is 6.25. The molecular formula is C15H26N4OS. The lowest BCUT2D eigenvalue weighted by atomic mass is 10.1. The first-order valence-electron chi connectivity index (χ1n) is 7.46. The number of thioether (sulfide) groups is 1. The minimum atomic E-state index is -0.0692. The second-order valence-corrected chi connectivity index (χ2v) is 6.38. The van der Waals surface area contributed by atoms with Crippen LogP contribution in [-0.4, -0.2) is 28.4 Å². The van der Waals surface area contributed by atoms with E-state index in [1.165, 1.54) is 0 Å². The van der Waals surface area contributed by atoms with Gasteiger partial charge in [0.05, 0.1) is 0 Å². The van der Waals surface area contributed by atoms with Crippen LogP contribution in [0.15, 0.2) is 12.1 Å². The topological polar surface area (TPSA) is 80.0 Å². The Labute approximate surface area is 131 Å². The first-order chi connectivity index (χ1) is 10.1. The van der Waals surface area contributed by atoms with Crippen molar-refractivity contribution in [2.24, 2.45) is 5.84 Å². The van der Waals surface area contributed by atoms with Crippen molar-refractivity contribution in [3.05, 3.63) is 23.4 Å². The quantitative estimate of drug-likeness (QED) is 0.371. The second kappa shape index (κ2) is 9.63. The molecule has 0 saturated carbocycles. The maximum absolute atomic E-state index is 12.3. The third-order valence-electron chi connectivity index (χ3n) is 3.07. The summed E-state index contributed by atoms with van der Waals surface area (Å²) in [5.41, 5.74) is 4.01. The van der Waals surface area contributed by atoms with Crippen molar-refractivity contribution in [1.82, 2.24) is 10.3 Å². The van der Waals surface area contributed by atoms with Crippen LogP contribution in [-0.2, 0) is 6.42 Å². The van der Waals surface area contributed by atoms with Crippen molar-refractivity contribution in [1.29, 1.82) is 0 Å². The molecule has 6 heteroatoms. The Morgan fingerprint density at radius 3 is 2.81 bits per heavy atom. The Morgan fingerprint density at radius 2 is 2.19 bits per heavy atom. The molecule has 1 unspecified atom stereocenters. The SMILES string of the molecule is CCCc1cc(C(=O)NC(C)CCSCC)cc(NN)n1. The van der Waals surface area contributed by atoms with E-state index in [1.54, 1.807) is 6.07 Å². The van der Waals surface area contributed by atoms with Crippen LogP contribution in [0.2, 0.25) is 0 Å².